The van der Waals surface area contributed by atoms with Gasteiger partial charge < -0.3 is 14.5 Å². The number of nitrogens with one attached hydrogen (secondary N) is 2. The maximum atomic E-state index is 14.0. The van der Waals surface area contributed by atoms with Gasteiger partial charge in [-0.3, -0.25) is 9.89 Å². The third-order valence-corrected chi connectivity index (χ3v) is 7.19. The summed E-state index contributed by atoms with van der Waals surface area (Å²) in [4.78, 5) is 26.5. The maximum absolute atomic E-state index is 14.0. The Hall–Kier alpha value is -4.39. The molecular formula is C31H29N3O4. The molecule has 5 aromatic rings. The first-order valence-corrected chi connectivity index (χ1v) is 12.8. The van der Waals surface area contributed by atoms with Crippen LogP contribution < -0.4 is 10.7 Å². The molecule has 7 nitrogen and oxygen atoms in total. The van der Waals surface area contributed by atoms with Gasteiger partial charge in [0.05, 0.1) is 33.6 Å². The fourth-order valence-corrected chi connectivity index (χ4v) is 5.20. The van der Waals surface area contributed by atoms with Crippen molar-refractivity contribution in [3.63, 3.8) is 0 Å². The SMILES string of the molecule is CC(C)(C)OC(=O)NC1(c2ccc(-c3c(-c4ccccc4)oc4c(ccc5[nH]ncc54)c3=O)cc2)CCC1. The predicted octanol–water partition coefficient (Wildman–Crippen LogP) is 6.91. The van der Waals surface area contributed by atoms with E-state index in [4.69, 9.17) is 9.15 Å². The Kier molecular flexibility index (Phi) is 5.60. The zero-order valence-corrected chi connectivity index (χ0v) is 21.6. The van der Waals surface area contributed by atoms with E-state index in [9.17, 15) is 9.59 Å². The Morgan fingerprint density at radius 3 is 2.37 bits per heavy atom. The van der Waals surface area contributed by atoms with Crippen LogP contribution in [0.15, 0.2) is 82.1 Å². The lowest BCUT2D eigenvalue weighted by Gasteiger charge is -2.43. The number of rotatable bonds is 4. The van der Waals surface area contributed by atoms with Gasteiger partial charge >= 0.3 is 6.09 Å². The van der Waals surface area contributed by atoms with E-state index in [1.165, 1.54) is 0 Å². The van der Waals surface area contributed by atoms with Gasteiger partial charge in [0.25, 0.3) is 0 Å². The normalized spacial score (nSPS) is 14.8. The van der Waals surface area contributed by atoms with Gasteiger partial charge in [-0.15, -0.1) is 0 Å². The molecule has 1 aliphatic carbocycles. The number of nitrogens with zero attached hydrogens (tertiary/aromatic N) is 1. The van der Waals surface area contributed by atoms with E-state index in [-0.39, 0.29) is 5.43 Å². The Bertz CT molecular complexity index is 1710. The lowest BCUT2D eigenvalue weighted by molar-refractivity contribution is 0.0377. The average molecular weight is 508 g/mol. The molecule has 0 unspecified atom stereocenters. The molecule has 2 heterocycles. The van der Waals surface area contributed by atoms with Gasteiger partial charge in [0.15, 0.2) is 0 Å². The van der Waals surface area contributed by atoms with Crippen LogP contribution in [-0.4, -0.2) is 21.9 Å². The number of alkyl carbamates (subject to hydrolysis) is 1. The van der Waals surface area contributed by atoms with Crippen molar-refractivity contribution in [1.82, 2.24) is 15.5 Å². The summed E-state index contributed by atoms with van der Waals surface area (Å²) < 4.78 is 12.0. The van der Waals surface area contributed by atoms with E-state index in [0.29, 0.717) is 22.3 Å². The highest BCUT2D eigenvalue weighted by Crippen LogP contribution is 2.42. The molecule has 1 saturated carbocycles. The maximum Gasteiger partial charge on any atom is 0.408 e. The third kappa shape index (κ3) is 4.14. The highest BCUT2D eigenvalue weighted by atomic mass is 16.6. The van der Waals surface area contributed by atoms with Crippen molar-refractivity contribution in [3.05, 3.63) is 88.7 Å². The topological polar surface area (TPSA) is 97.2 Å². The van der Waals surface area contributed by atoms with Crippen LogP contribution >= 0.6 is 0 Å². The van der Waals surface area contributed by atoms with Crippen molar-refractivity contribution >= 4 is 28.0 Å². The van der Waals surface area contributed by atoms with Gasteiger partial charge in [0.2, 0.25) is 5.43 Å². The molecule has 2 aromatic heterocycles. The minimum absolute atomic E-state index is 0.105. The summed E-state index contributed by atoms with van der Waals surface area (Å²) in [7, 11) is 0. The summed E-state index contributed by atoms with van der Waals surface area (Å²) in [6.45, 7) is 5.56. The van der Waals surface area contributed by atoms with E-state index in [1.54, 1.807) is 12.3 Å². The molecule has 7 heteroatoms. The predicted molar refractivity (Wildman–Crippen MR) is 148 cm³/mol. The van der Waals surface area contributed by atoms with Crippen molar-refractivity contribution < 1.29 is 13.9 Å². The van der Waals surface area contributed by atoms with Crippen LogP contribution in [0.5, 0.6) is 0 Å². The number of hydrogen-bond donors (Lipinski definition) is 2. The fourth-order valence-electron chi connectivity index (χ4n) is 5.20. The third-order valence-electron chi connectivity index (χ3n) is 7.19. The first kappa shape index (κ1) is 24.0. The number of amides is 1. The van der Waals surface area contributed by atoms with Crippen LogP contribution in [0.25, 0.3) is 44.3 Å². The molecule has 0 saturated heterocycles. The van der Waals surface area contributed by atoms with Gasteiger partial charge in [-0.2, -0.15) is 5.10 Å². The van der Waals surface area contributed by atoms with Gasteiger partial charge in [-0.25, -0.2) is 4.79 Å². The van der Waals surface area contributed by atoms with Crippen LogP contribution in [-0.2, 0) is 10.3 Å². The van der Waals surface area contributed by atoms with Crippen LogP contribution in [0.1, 0.15) is 45.6 Å². The smallest absolute Gasteiger partial charge is 0.408 e. The zero-order valence-electron chi connectivity index (χ0n) is 21.6. The Labute approximate surface area is 219 Å². The summed E-state index contributed by atoms with van der Waals surface area (Å²) in [5.41, 5.74) is 3.23. The monoisotopic (exact) mass is 507 g/mol. The number of hydrogen-bond acceptors (Lipinski definition) is 5. The zero-order chi connectivity index (χ0) is 26.5. The minimum Gasteiger partial charge on any atom is -0.454 e. The van der Waals surface area contributed by atoms with Crippen molar-refractivity contribution in [2.24, 2.45) is 0 Å². The Morgan fingerprint density at radius 2 is 1.71 bits per heavy atom. The van der Waals surface area contributed by atoms with Crippen molar-refractivity contribution in [2.45, 2.75) is 51.2 Å². The molecule has 1 fully saturated rings. The van der Waals surface area contributed by atoms with Crippen molar-refractivity contribution in [2.75, 3.05) is 0 Å². The molecule has 2 N–H and O–H groups in total. The minimum atomic E-state index is -0.571. The number of fused-ring (bicyclic) bond motifs is 3. The highest BCUT2D eigenvalue weighted by molar-refractivity contribution is 6.04. The summed E-state index contributed by atoms with van der Waals surface area (Å²) >= 11 is 0. The quantitative estimate of drug-likeness (QED) is 0.276. The molecule has 38 heavy (non-hydrogen) atoms. The first-order chi connectivity index (χ1) is 18.2. The second-order valence-corrected chi connectivity index (χ2v) is 10.9. The molecular weight excluding hydrogens is 478 g/mol. The molecule has 0 aliphatic heterocycles. The first-order valence-electron chi connectivity index (χ1n) is 12.8. The van der Waals surface area contributed by atoms with Crippen LogP contribution in [0.4, 0.5) is 4.79 Å². The molecule has 6 rings (SSSR count). The number of ether oxygens (including phenoxy) is 1. The number of aromatic nitrogens is 2. The van der Waals surface area contributed by atoms with Crippen molar-refractivity contribution in [3.8, 4) is 22.5 Å². The molecule has 0 bridgehead atoms. The largest absolute Gasteiger partial charge is 0.454 e. The fraction of sp³-hybridized carbons (Fsp3) is 0.258. The number of H-pyrrole nitrogens is 1. The summed E-state index contributed by atoms with van der Waals surface area (Å²) in [5, 5.41) is 11.4. The average Bonchev–Trinajstić information content (AvgIpc) is 3.35. The van der Waals surface area contributed by atoms with E-state index in [2.05, 4.69) is 15.5 Å². The van der Waals surface area contributed by atoms with E-state index in [1.807, 2.05) is 81.4 Å². The molecule has 0 atom stereocenters. The lowest BCUT2D eigenvalue weighted by Crippen LogP contribution is -2.52. The van der Waals surface area contributed by atoms with Gasteiger partial charge in [0, 0.05) is 5.56 Å². The van der Waals surface area contributed by atoms with Crippen LogP contribution in [0, 0.1) is 0 Å². The van der Waals surface area contributed by atoms with E-state index in [0.717, 1.165) is 46.9 Å². The second kappa shape index (κ2) is 8.87. The lowest BCUT2D eigenvalue weighted by atomic mass is 9.71. The van der Waals surface area contributed by atoms with Gasteiger partial charge in [-0.05, 0) is 63.3 Å². The standard InChI is InChI=1S/C31H29N3O4/c1-30(2,3)38-29(36)33-31(16-7-17-31)21-12-10-19(11-13-21)25-26(35)22-14-15-24-23(18-32-34-24)28(22)37-27(25)20-8-5-4-6-9-20/h4-6,8-15,18H,7,16-17H2,1-3H3,(H,32,34)(H,33,36). The van der Waals surface area contributed by atoms with Crippen molar-refractivity contribution in [1.29, 1.82) is 0 Å². The number of carbonyl (C=O) groups is 1. The number of carbonyl (C=O) groups excluding carboxylic acids is 1. The molecule has 0 spiro atoms. The van der Waals surface area contributed by atoms with E-state index < -0.39 is 17.2 Å². The van der Waals surface area contributed by atoms with Crippen LogP contribution in [0.2, 0.25) is 0 Å². The molecule has 1 aliphatic rings. The number of aromatic amines is 1. The van der Waals surface area contributed by atoms with E-state index >= 15 is 0 Å². The van der Waals surface area contributed by atoms with Crippen LogP contribution in [0.3, 0.4) is 0 Å². The molecule has 3 aromatic carbocycles. The molecule has 192 valence electrons. The highest BCUT2D eigenvalue weighted by Gasteiger charge is 2.41. The number of benzene rings is 3. The van der Waals surface area contributed by atoms with Gasteiger partial charge in [0.1, 0.15) is 16.9 Å². The summed E-state index contributed by atoms with van der Waals surface area (Å²) in [6.07, 6.45) is 3.94. The van der Waals surface area contributed by atoms with Gasteiger partial charge in [-0.1, -0.05) is 54.6 Å². The Balaban J connectivity index is 1.45. The molecule has 0 radical (unpaired) electrons. The second-order valence-electron chi connectivity index (χ2n) is 10.9. The molecule has 1 amide bonds. The summed E-state index contributed by atoms with van der Waals surface area (Å²) in [5.74, 6) is 0.509. The Morgan fingerprint density at radius 1 is 0.974 bits per heavy atom. The summed E-state index contributed by atoms with van der Waals surface area (Å²) in [6, 6.07) is 21.1.